The van der Waals surface area contributed by atoms with Gasteiger partial charge in [-0.2, -0.15) is 0 Å². The molecule has 1 fully saturated rings. The molecule has 110 valence electrons. The summed E-state index contributed by atoms with van der Waals surface area (Å²) in [5, 5.41) is 9.46. The fraction of sp³-hybridized carbons (Fsp3) is 0.600. The van der Waals surface area contributed by atoms with Crippen molar-refractivity contribution in [2.45, 2.75) is 39.2 Å². The number of aryl methyl sites for hydroxylation is 2. The molecule has 2 rings (SSSR count). The number of carboxylic acid groups (broad SMARTS) is 1. The Morgan fingerprint density at radius 1 is 1.50 bits per heavy atom. The summed E-state index contributed by atoms with van der Waals surface area (Å²) in [4.78, 5) is 17.9. The molecule has 20 heavy (non-hydrogen) atoms. The smallest absolute Gasteiger partial charge is 0.339 e. The number of nitrogens with zero attached hydrogens (tertiary/aromatic N) is 2. The summed E-state index contributed by atoms with van der Waals surface area (Å²) in [6.07, 6.45) is 1.98. The average molecular weight is 278 g/mol. The lowest BCUT2D eigenvalue weighted by Crippen LogP contribution is -2.48. The molecule has 1 aliphatic rings. The van der Waals surface area contributed by atoms with Gasteiger partial charge in [-0.1, -0.05) is 0 Å². The summed E-state index contributed by atoms with van der Waals surface area (Å²) in [5.74, 6) is -0.922. The number of ether oxygens (including phenoxy) is 1. The molecule has 0 aromatic carbocycles. The van der Waals surface area contributed by atoms with Crippen molar-refractivity contribution in [3.05, 3.63) is 23.0 Å². The average Bonchev–Trinajstić information content (AvgIpc) is 2.37. The number of hydrogen-bond acceptors (Lipinski definition) is 4. The highest BCUT2D eigenvalue weighted by Crippen LogP contribution is 2.31. The number of pyridine rings is 1. The van der Waals surface area contributed by atoms with Crippen LogP contribution < -0.4 is 4.90 Å². The van der Waals surface area contributed by atoms with Gasteiger partial charge < -0.3 is 14.7 Å². The van der Waals surface area contributed by atoms with E-state index in [-0.39, 0.29) is 5.60 Å². The van der Waals surface area contributed by atoms with Crippen LogP contribution in [0.4, 0.5) is 5.69 Å². The molecule has 0 spiro atoms. The van der Waals surface area contributed by atoms with Gasteiger partial charge in [-0.3, -0.25) is 4.98 Å². The molecule has 0 saturated carbocycles. The van der Waals surface area contributed by atoms with E-state index in [0.29, 0.717) is 17.8 Å². The molecule has 0 amide bonds. The molecule has 5 heteroatoms. The van der Waals surface area contributed by atoms with Gasteiger partial charge in [-0.15, -0.1) is 0 Å². The lowest BCUT2D eigenvalue weighted by atomic mass is 9.93. The first-order valence-electron chi connectivity index (χ1n) is 6.88. The molecule has 5 nitrogen and oxygen atoms in total. The molecule has 0 bridgehead atoms. The van der Waals surface area contributed by atoms with Crippen LogP contribution in [0.25, 0.3) is 0 Å². The number of anilines is 1. The van der Waals surface area contributed by atoms with Crippen LogP contribution in [0.1, 0.15) is 41.5 Å². The number of rotatable bonds is 3. The Balaban J connectivity index is 2.44. The van der Waals surface area contributed by atoms with E-state index in [2.05, 4.69) is 16.8 Å². The SMILES string of the molecule is COC1(C)CCCN(c2cc(C)nc(C)c2C(=O)O)C1. The van der Waals surface area contributed by atoms with Crippen molar-refractivity contribution >= 4 is 11.7 Å². The first kappa shape index (κ1) is 14.8. The minimum absolute atomic E-state index is 0.223. The largest absolute Gasteiger partial charge is 0.478 e. The van der Waals surface area contributed by atoms with Crippen LogP contribution in [0.5, 0.6) is 0 Å². The molecule has 2 heterocycles. The second-order valence-electron chi connectivity index (χ2n) is 5.73. The van der Waals surface area contributed by atoms with E-state index in [9.17, 15) is 9.90 Å². The fourth-order valence-electron chi connectivity index (χ4n) is 2.90. The van der Waals surface area contributed by atoms with Crippen molar-refractivity contribution in [1.29, 1.82) is 0 Å². The molecule has 1 unspecified atom stereocenters. The van der Waals surface area contributed by atoms with Crippen molar-refractivity contribution in [3.63, 3.8) is 0 Å². The Morgan fingerprint density at radius 2 is 2.20 bits per heavy atom. The zero-order chi connectivity index (χ0) is 14.9. The first-order chi connectivity index (χ1) is 9.36. The lowest BCUT2D eigenvalue weighted by molar-refractivity contribution is -0.00473. The standard InChI is InChI=1S/C15H22N2O3/c1-10-8-12(13(14(18)19)11(2)16-10)17-7-5-6-15(3,9-17)20-4/h8H,5-7,9H2,1-4H3,(H,18,19). The Morgan fingerprint density at radius 3 is 2.80 bits per heavy atom. The molecule has 1 aliphatic heterocycles. The van der Waals surface area contributed by atoms with Crippen molar-refractivity contribution < 1.29 is 14.6 Å². The van der Waals surface area contributed by atoms with Crippen LogP contribution in [-0.4, -0.2) is 41.9 Å². The van der Waals surface area contributed by atoms with Crippen molar-refractivity contribution in [3.8, 4) is 0 Å². The second kappa shape index (κ2) is 5.40. The fourth-order valence-corrected chi connectivity index (χ4v) is 2.90. The van der Waals surface area contributed by atoms with Gasteiger partial charge >= 0.3 is 5.97 Å². The van der Waals surface area contributed by atoms with Crippen LogP contribution >= 0.6 is 0 Å². The van der Waals surface area contributed by atoms with Crippen LogP contribution in [-0.2, 0) is 4.74 Å². The summed E-state index contributed by atoms with van der Waals surface area (Å²) in [6.45, 7) is 7.26. The zero-order valence-electron chi connectivity index (χ0n) is 12.6. The Bertz CT molecular complexity index is 530. The minimum Gasteiger partial charge on any atom is -0.478 e. The molecular formula is C15H22N2O3. The number of carboxylic acids is 1. The van der Waals surface area contributed by atoms with E-state index < -0.39 is 5.97 Å². The van der Waals surface area contributed by atoms with Gasteiger partial charge in [0.05, 0.1) is 17.0 Å². The predicted molar refractivity (Wildman–Crippen MR) is 77.5 cm³/mol. The number of aromatic carboxylic acids is 1. The molecule has 0 aliphatic carbocycles. The van der Waals surface area contributed by atoms with E-state index in [1.807, 2.05) is 13.0 Å². The Hall–Kier alpha value is -1.62. The normalized spacial score (nSPS) is 22.9. The minimum atomic E-state index is -0.922. The van der Waals surface area contributed by atoms with E-state index in [1.54, 1.807) is 14.0 Å². The third kappa shape index (κ3) is 2.77. The number of hydrogen-bond donors (Lipinski definition) is 1. The predicted octanol–water partition coefficient (Wildman–Crippen LogP) is 2.40. The van der Waals surface area contributed by atoms with Gasteiger partial charge in [0, 0.05) is 25.9 Å². The zero-order valence-corrected chi connectivity index (χ0v) is 12.6. The first-order valence-corrected chi connectivity index (χ1v) is 6.88. The highest BCUT2D eigenvalue weighted by atomic mass is 16.5. The highest BCUT2D eigenvalue weighted by Gasteiger charge is 2.33. The maximum atomic E-state index is 11.5. The third-order valence-corrected chi connectivity index (χ3v) is 4.01. The summed E-state index contributed by atoms with van der Waals surface area (Å²) in [7, 11) is 1.71. The number of aromatic nitrogens is 1. The van der Waals surface area contributed by atoms with E-state index in [0.717, 1.165) is 30.8 Å². The molecule has 1 N–H and O–H groups in total. The quantitative estimate of drug-likeness (QED) is 0.920. The highest BCUT2D eigenvalue weighted by molar-refractivity contribution is 5.95. The number of methoxy groups -OCH3 is 1. The maximum absolute atomic E-state index is 11.5. The van der Waals surface area contributed by atoms with Crippen LogP contribution in [0.15, 0.2) is 6.07 Å². The monoisotopic (exact) mass is 278 g/mol. The topological polar surface area (TPSA) is 62.7 Å². The Labute approximate surface area is 119 Å². The van der Waals surface area contributed by atoms with E-state index in [4.69, 9.17) is 4.74 Å². The molecule has 1 atom stereocenters. The summed E-state index contributed by atoms with van der Waals surface area (Å²) < 4.78 is 5.59. The molecule has 0 radical (unpaired) electrons. The molecule has 1 aromatic heterocycles. The molecular weight excluding hydrogens is 256 g/mol. The second-order valence-corrected chi connectivity index (χ2v) is 5.73. The van der Waals surface area contributed by atoms with Gasteiger partial charge in [0.25, 0.3) is 0 Å². The van der Waals surface area contributed by atoms with Gasteiger partial charge in [0.2, 0.25) is 0 Å². The van der Waals surface area contributed by atoms with Crippen molar-refractivity contribution in [2.75, 3.05) is 25.1 Å². The molecule has 1 aromatic rings. The lowest BCUT2D eigenvalue weighted by Gasteiger charge is -2.41. The van der Waals surface area contributed by atoms with Crippen LogP contribution in [0, 0.1) is 13.8 Å². The van der Waals surface area contributed by atoms with Gasteiger partial charge in [-0.25, -0.2) is 4.79 Å². The summed E-state index contributed by atoms with van der Waals surface area (Å²) >= 11 is 0. The number of carbonyl (C=O) groups is 1. The van der Waals surface area contributed by atoms with Crippen molar-refractivity contribution in [2.24, 2.45) is 0 Å². The van der Waals surface area contributed by atoms with E-state index >= 15 is 0 Å². The van der Waals surface area contributed by atoms with E-state index in [1.165, 1.54) is 0 Å². The summed E-state index contributed by atoms with van der Waals surface area (Å²) in [6, 6.07) is 1.86. The maximum Gasteiger partial charge on any atom is 0.339 e. The third-order valence-electron chi connectivity index (χ3n) is 4.01. The molecule has 1 saturated heterocycles. The Kier molecular flexibility index (Phi) is 3.99. The van der Waals surface area contributed by atoms with Gasteiger partial charge in [0.1, 0.15) is 5.56 Å². The van der Waals surface area contributed by atoms with Crippen LogP contribution in [0.3, 0.4) is 0 Å². The summed E-state index contributed by atoms with van der Waals surface area (Å²) in [5.41, 5.74) is 2.24. The van der Waals surface area contributed by atoms with Crippen LogP contribution in [0.2, 0.25) is 0 Å². The van der Waals surface area contributed by atoms with Crippen molar-refractivity contribution in [1.82, 2.24) is 4.98 Å². The van der Waals surface area contributed by atoms with Gasteiger partial charge in [0.15, 0.2) is 0 Å². The number of piperidine rings is 1. The van der Waals surface area contributed by atoms with Gasteiger partial charge in [-0.05, 0) is 39.7 Å².